The second-order valence-corrected chi connectivity index (χ2v) is 7.01. The molecule has 25 heavy (non-hydrogen) atoms. The first-order valence-electron chi connectivity index (χ1n) is 9.05. The van der Waals surface area contributed by atoms with Gasteiger partial charge < -0.3 is 4.90 Å². The largest absolute Gasteiger partial charge is 0.312 e. The van der Waals surface area contributed by atoms with E-state index in [1.54, 1.807) is 0 Å². The number of anilines is 1. The van der Waals surface area contributed by atoms with Crippen molar-refractivity contribution in [3.63, 3.8) is 0 Å². The molecule has 1 aromatic carbocycles. The Kier molecular flexibility index (Phi) is 4.15. The highest BCUT2D eigenvalue weighted by molar-refractivity contribution is 6.05. The third-order valence-electron chi connectivity index (χ3n) is 5.56. The first kappa shape index (κ1) is 16.1. The van der Waals surface area contributed by atoms with Crippen LogP contribution in [0.25, 0.3) is 0 Å². The number of imide groups is 1. The minimum absolute atomic E-state index is 0.0571. The zero-order valence-electron chi connectivity index (χ0n) is 14.2. The van der Waals surface area contributed by atoms with Gasteiger partial charge in [-0.25, -0.2) is 0 Å². The summed E-state index contributed by atoms with van der Waals surface area (Å²) in [5.74, 6) is -0.405. The van der Waals surface area contributed by atoms with Gasteiger partial charge in [0, 0.05) is 25.2 Å². The quantitative estimate of drug-likeness (QED) is 0.625. The van der Waals surface area contributed by atoms with Gasteiger partial charge in [0.05, 0.1) is 11.8 Å². The number of nitrogens with zero attached hydrogens (tertiary/aromatic N) is 2. The topological polar surface area (TPSA) is 57.7 Å². The lowest BCUT2D eigenvalue weighted by molar-refractivity contribution is -0.140. The minimum atomic E-state index is -0.182. The zero-order valence-corrected chi connectivity index (χ0v) is 14.2. The van der Waals surface area contributed by atoms with Gasteiger partial charge in [-0.3, -0.25) is 19.3 Å². The smallest absolute Gasteiger partial charge is 0.233 e. The van der Waals surface area contributed by atoms with Crippen LogP contribution >= 0.6 is 0 Å². The van der Waals surface area contributed by atoms with Gasteiger partial charge in [-0.15, -0.1) is 0 Å². The van der Waals surface area contributed by atoms with Crippen molar-refractivity contribution in [2.45, 2.75) is 32.1 Å². The van der Waals surface area contributed by atoms with Crippen LogP contribution in [0.2, 0.25) is 0 Å². The molecule has 0 saturated carbocycles. The molecule has 0 aromatic heterocycles. The fourth-order valence-electron chi connectivity index (χ4n) is 4.21. The van der Waals surface area contributed by atoms with E-state index >= 15 is 0 Å². The van der Waals surface area contributed by atoms with Crippen LogP contribution in [-0.4, -0.2) is 35.7 Å². The lowest BCUT2D eigenvalue weighted by Gasteiger charge is -2.19. The van der Waals surface area contributed by atoms with Crippen LogP contribution in [0, 0.1) is 11.8 Å². The Labute approximate surface area is 147 Å². The summed E-state index contributed by atoms with van der Waals surface area (Å²) in [6.07, 6.45) is 7.08. The summed E-state index contributed by atoms with van der Waals surface area (Å²) in [4.78, 5) is 40.6. The Morgan fingerprint density at radius 2 is 1.72 bits per heavy atom. The van der Waals surface area contributed by atoms with Crippen molar-refractivity contribution in [2.75, 3.05) is 18.0 Å². The summed E-state index contributed by atoms with van der Waals surface area (Å²) in [5.41, 5.74) is 2.20. The first-order chi connectivity index (χ1) is 12.2. The second-order valence-electron chi connectivity index (χ2n) is 7.01. The van der Waals surface area contributed by atoms with Crippen LogP contribution in [-0.2, 0) is 20.8 Å². The first-order valence-corrected chi connectivity index (χ1v) is 9.05. The molecule has 1 aromatic rings. The van der Waals surface area contributed by atoms with E-state index in [4.69, 9.17) is 0 Å². The fraction of sp³-hybridized carbons (Fsp3) is 0.450. The molecular formula is C20H22N2O3. The molecular weight excluding hydrogens is 316 g/mol. The minimum Gasteiger partial charge on any atom is -0.312 e. The van der Waals surface area contributed by atoms with E-state index in [1.165, 1.54) is 10.5 Å². The summed E-state index contributed by atoms with van der Waals surface area (Å²) >= 11 is 0. The maximum atomic E-state index is 12.5. The van der Waals surface area contributed by atoms with Crippen molar-refractivity contribution in [2.24, 2.45) is 11.8 Å². The van der Waals surface area contributed by atoms with Gasteiger partial charge in [-0.05, 0) is 37.3 Å². The zero-order chi connectivity index (χ0) is 17.4. The number of likely N-dealkylation sites (tertiary alicyclic amines) is 1. The average Bonchev–Trinajstić information content (AvgIpc) is 3.17. The van der Waals surface area contributed by atoms with Crippen molar-refractivity contribution >= 4 is 23.4 Å². The Balaban J connectivity index is 1.33. The summed E-state index contributed by atoms with van der Waals surface area (Å²) in [7, 11) is 0. The molecule has 3 aliphatic rings. The number of benzene rings is 1. The van der Waals surface area contributed by atoms with Gasteiger partial charge in [-0.1, -0.05) is 30.4 Å². The number of carbonyl (C=O) groups is 3. The molecule has 3 amide bonds. The van der Waals surface area contributed by atoms with Gasteiger partial charge in [0.15, 0.2) is 0 Å². The Morgan fingerprint density at radius 3 is 2.44 bits per heavy atom. The van der Waals surface area contributed by atoms with Gasteiger partial charge in [0.25, 0.3) is 0 Å². The number of carbonyl (C=O) groups excluding carboxylic acids is 3. The molecule has 5 heteroatoms. The van der Waals surface area contributed by atoms with E-state index in [2.05, 4.69) is 6.07 Å². The Bertz CT molecular complexity index is 729. The van der Waals surface area contributed by atoms with Crippen molar-refractivity contribution < 1.29 is 14.4 Å². The Hall–Kier alpha value is -2.43. The van der Waals surface area contributed by atoms with E-state index in [9.17, 15) is 14.4 Å². The number of allylic oxidation sites excluding steroid dienone is 2. The molecule has 1 saturated heterocycles. The van der Waals surface area contributed by atoms with Crippen molar-refractivity contribution in [1.82, 2.24) is 4.90 Å². The molecule has 130 valence electrons. The van der Waals surface area contributed by atoms with Gasteiger partial charge in [0.2, 0.25) is 17.7 Å². The highest BCUT2D eigenvalue weighted by atomic mass is 16.2. The maximum Gasteiger partial charge on any atom is 0.233 e. The van der Waals surface area contributed by atoms with Crippen LogP contribution < -0.4 is 4.90 Å². The predicted octanol–water partition coefficient (Wildman–Crippen LogP) is 2.31. The van der Waals surface area contributed by atoms with Crippen LogP contribution in [0.15, 0.2) is 36.4 Å². The summed E-state index contributed by atoms with van der Waals surface area (Å²) in [5, 5.41) is 0. The molecule has 2 unspecified atom stereocenters. The highest BCUT2D eigenvalue weighted by Gasteiger charge is 2.46. The predicted molar refractivity (Wildman–Crippen MR) is 93.8 cm³/mol. The van der Waals surface area contributed by atoms with E-state index in [0.29, 0.717) is 32.2 Å². The van der Waals surface area contributed by atoms with Gasteiger partial charge in [-0.2, -0.15) is 0 Å². The van der Waals surface area contributed by atoms with E-state index in [1.807, 2.05) is 35.3 Å². The summed E-state index contributed by atoms with van der Waals surface area (Å²) in [6.45, 7) is 1.07. The molecule has 4 rings (SSSR count). The molecule has 1 aliphatic carbocycles. The molecule has 5 nitrogen and oxygen atoms in total. The lowest BCUT2D eigenvalue weighted by Crippen LogP contribution is -2.34. The number of hydrogen-bond acceptors (Lipinski definition) is 3. The number of hydrogen-bond donors (Lipinski definition) is 0. The average molecular weight is 338 g/mol. The van der Waals surface area contributed by atoms with Crippen LogP contribution in [0.3, 0.4) is 0 Å². The molecule has 0 bridgehead atoms. The third kappa shape index (κ3) is 2.77. The standard InChI is InChI=1S/C20H22N2O3/c23-18(21-13-11-14-6-1-4-9-17(14)21)10-5-12-22-19(24)15-7-2-3-8-16(15)20(22)25/h1-4,6,9,15-16H,5,7-8,10-13H2. The molecule has 2 atom stereocenters. The lowest BCUT2D eigenvalue weighted by atomic mass is 9.85. The van der Waals surface area contributed by atoms with E-state index < -0.39 is 0 Å². The van der Waals surface area contributed by atoms with Crippen molar-refractivity contribution in [1.29, 1.82) is 0 Å². The molecule has 2 heterocycles. The van der Waals surface area contributed by atoms with Crippen molar-refractivity contribution in [3.8, 4) is 0 Å². The Morgan fingerprint density at radius 1 is 1.04 bits per heavy atom. The van der Waals surface area contributed by atoms with E-state index in [0.717, 1.165) is 18.7 Å². The second kappa shape index (κ2) is 6.47. The molecule has 0 spiro atoms. The normalized spacial score (nSPS) is 24.6. The van der Waals surface area contributed by atoms with Crippen LogP contribution in [0.1, 0.15) is 31.2 Å². The van der Waals surface area contributed by atoms with Crippen molar-refractivity contribution in [3.05, 3.63) is 42.0 Å². The molecule has 1 fully saturated rings. The molecule has 0 N–H and O–H groups in total. The fourth-order valence-corrected chi connectivity index (χ4v) is 4.21. The van der Waals surface area contributed by atoms with Crippen LogP contribution in [0.4, 0.5) is 5.69 Å². The number of fused-ring (bicyclic) bond motifs is 2. The van der Waals surface area contributed by atoms with Crippen LogP contribution in [0.5, 0.6) is 0 Å². The monoisotopic (exact) mass is 338 g/mol. The van der Waals surface area contributed by atoms with Gasteiger partial charge in [0.1, 0.15) is 0 Å². The maximum absolute atomic E-state index is 12.5. The number of para-hydroxylation sites is 1. The van der Waals surface area contributed by atoms with Gasteiger partial charge >= 0.3 is 0 Å². The highest BCUT2D eigenvalue weighted by Crippen LogP contribution is 2.35. The number of rotatable bonds is 4. The number of amides is 3. The SMILES string of the molecule is O=C1C2CC=CCC2C(=O)N1CCCC(=O)N1CCc2ccccc21. The summed E-state index contributed by atoms with van der Waals surface area (Å²) < 4.78 is 0. The molecule has 2 aliphatic heterocycles. The summed E-state index contributed by atoms with van der Waals surface area (Å²) in [6, 6.07) is 7.97. The molecule has 0 radical (unpaired) electrons. The van der Waals surface area contributed by atoms with E-state index in [-0.39, 0.29) is 29.6 Å². The third-order valence-corrected chi connectivity index (χ3v) is 5.56.